The number of benzene rings is 1. The molecule has 0 unspecified atom stereocenters. The molecule has 0 fully saturated rings. The summed E-state index contributed by atoms with van der Waals surface area (Å²) in [6.45, 7) is 5.20. The van der Waals surface area contributed by atoms with E-state index < -0.39 is 0 Å². The molecule has 3 aromatic heterocycles. The molecule has 0 bridgehead atoms. The van der Waals surface area contributed by atoms with Crippen molar-refractivity contribution in [3.05, 3.63) is 70.1 Å². The van der Waals surface area contributed by atoms with E-state index in [-0.39, 0.29) is 11.6 Å². The second kappa shape index (κ2) is 13.1. The summed E-state index contributed by atoms with van der Waals surface area (Å²) in [5.41, 5.74) is 2.68. The average molecular weight is 552 g/mol. The number of fused-ring (bicyclic) bond motifs is 1. The third-order valence-electron chi connectivity index (χ3n) is 5.53. The van der Waals surface area contributed by atoms with Gasteiger partial charge >= 0.3 is 0 Å². The van der Waals surface area contributed by atoms with Crippen LogP contribution in [0.1, 0.15) is 29.4 Å². The molecule has 0 aliphatic carbocycles. The smallest absolute Gasteiger partial charge is 0.271 e. The number of anilines is 2. The van der Waals surface area contributed by atoms with E-state index >= 15 is 0 Å². The first kappa shape index (κ1) is 27.1. The summed E-state index contributed by atoms with van der Waals surface area (Å²) in [6, 6.07) is 12.4. The molecule has 196 valence electrons. The largest absolute Gasteiger partial charge is 0.368 e. The predicted molar refractivity (Wildman–Crippen MR) is 150 cm³/mol. The molecule has 0 saturated heterocycles. The van der Waals surface area contributed by atoms with Crippen molar-refractivity contribution in [1.29, 1.82) is 5.26 Å². The van der Waals surface area contributed by atoms with Crippen molar-refractivity contribution in [1.82, 2.24) is 30.2 Å². The minimum atomic E-state index is -0.266. The molecule has 0 atom stereocenters. The zero-order chi connectivity index (χ0) is 26.9. The van der Waals surface area contributed by atoms with Crippen molar-refractivity contribution in [3.63, 3.8) is 0 Å². The number of nitrogens with zero attached hydrogens (tertiary/aromatic N) is 5. The maximum atomic E-state index is 12.7. The molecule has 12 heteroatoms. The summed E-state index contributed by atoms with van der Waals surface area (Å²) in [5.74, 6) is 0.930. The van der Waals surface area contributed by atoms with E-state index in [9.17, 15) is 4.79 Å². The molecule has 10 nitrogen and oxygen atoms in total. The summed E-state index contributed by atoms with van der Waals surface area (Å²) < 4.78 is 1.62. The number of aromatic nitrogens is 4. The van der Waals surface area contributed by atoms with Crippen LogP contribution in [0, 0.1) is 11.3 Å². The van der Waals surface area contributed by atoms with Crippen molar-refractivity contribution in [3.8, 4) is 17.3 Å². The van der Waals surface area contributed by atoms with Crippen LogP contribution in [0.15, 0.2) is 48.8 Å². The van der Waals surface area contributed by atoms with Crippen molar-refractivity contribution in [2.24, 2.45) is 0 Å². The van der Waals surface area contributed by atoms with Gasteiger partial charge in [-0.25, -0.2) is 14.5 Å². The van der Waals surface area contributed by atoms with Gasteiger partial charge in [-0.05, 0) is 43.3 Å². The summed E-state index contributed by atoms with van der Waals surface area (Å²) in [5, 5.41) is 27.0. The number of hydrogen-bond acceptors (Lipinski definition) is 8. The monoisotopic (exact) mass is 551 g/mol. The van der Waals surface area contributed by atoms with E-state index in [1.807, 2.05) is 6.07 Å². The van der Waals surface area contributed by atoms with Crippen LogP contribution < -0.4 is 21.3 Å². The van der Waals surface area contributed by atoms with E-state index in [1.165, 1.54) is 6.20 Å². The number of hydrogen-bond donors (Lipinski definition) is 4. The molecule has 1 amide bonds. The molecular formula is C26H27Cl2N9O. The van der Waals surface area contributed by atoms with Gasteiger partial charge in [-0.3, -0.25) is 4.79 Å². The third-order valence-corrected chi connectivity index (χ3v) is 6.07. The first-order valence-electron chi connectivity index (χ1n) is 12.2. The number of nitriles is 1. The maximum absolute atomic E-state index is 12.7. The zero-order valence-corrected chi connectivity index (χ0v) is 22.3. The molecule has 4 aromatic rings. The summed E-state index contributed by atoms with van der Waals surface area (Å²) in [4.78, 5) is 21.7. The standard InChI is InChI=1S/C26H27Cl2N9O/c1-2-7-30-8-9-33-26(38)21-13-23-25(32-11-10-31-24-6-3-17(14-29)15-34-24)35-22(16-37(23)36-21)19-5-4-18(27)12-20(19)28/h3-6,12-13,15-16,30H,2,7-11H2,1H3,(H,31,34)(H,32,35)(H,33,38). The van der Waals surface area contributed by atoms with Crippen LogP contribution in [0.25, 0.3) is 16.8 Å². The highest BCUT2D eigenvalue weighted by Crippen LogP contribution is 2.31. The van der Waals surface area contributed by atoms with Gasteiger partial charge in [0.2, 0.25) is 0 Å². The first-order chi connectivity index (χ1) is 18.5. The molecule has 0 radical (unpaired) electrons. The number of rotatable bonds is 12. The van der Waals surface area contributed by atoms with Crippen LogP contribution in [0.2, 0.25) is 10.0 Å². The van der Waals surface area contributed by atoms with Crippen LogP contribution >= 0.6 is 23.2 Å². The molecule has 0 spiro atoms. The Labute approximate surface area is 230 Å². The number of halogens is 2. The molecule has 4 rings (SSSR count). The van der Waals surface area contributed by atoms with Crippen molar-refractivity contribution >= 4 is 46.3 Å². The average Bonchev–Trinajstić information content (AvgIpc) is 3.36. The third kappa shape index (κ3) is 6.89. The van der Waals surface area contributed by atoms with Gasteiger partial charge in [-0.2, -0.15) is 10.4 Å². The fraction of sp³-hybridized carbons (Fsp3) is 0.269. The second-order valence-corrected chi connectivity index (χ2v) is 9.21. The number of carbonyl (C=O) groups is 1. The number of amides is 1. The maximum Gasteiger partial charge on any atom is 0.271 e. The highest BCUT2D eigenvalue weighted by Gasteiger charge is 2.16. The molecule has 0 aliphatic heterocycles. The van der Waals surface area contributed by atoms with Gasteiger partial charge in [0.1, 0.15) is 17.4 Å². The van der Waals surface area contributed by atoms with Crippen molar-refractivity contribution < 1.29 is 4.79 Å². The van der Waals surface area contributed by atoms with Gasteiger partial charge in [0.05, 0.1) is 22.5 Å². The Hall–Kier alpha value is -3.91. The van der Waals surface area contributed by atoms with E-state index in [1.54, 1.807) is 47.1 Å². The van der Waals surface area contributed by atoms with E-state index in [0.29, 0.717) is 70.2 Å². The first-order valence-corrected chi connectivity index (χ1v) is 12.9. The van der Waals surface area contributed by atoms with Crippen LogP contribution in [0.3, 0.4) is 0 Å². The van der Waals surface area contributed by atoms with Gasteiger partial charge in [0.15, 0.2) is 11.5 Å². The predicted octanol–water partition coefficient (Wildman–Crippen LogP) is 4.22. The molecule has 4 N–H and O–H groups in total. The minimum Gasteiger partial charge on any atom is -0.368 e. The molecular weight excluding hydrogens is 525 g/mol. The van der Waals surface area contributed by atoms with Gasteiger partial charge in [-0.1, -0.05) is 30.1 Å². The highest BCUT2D eigenvalue weighted by atomic mass is 35.5. The normalized spacial score (nSPS) is 10.8. The fourth-order valence-electron chi connectivity index (χ4n) is 3.65. The quantitative estimate of drug-likeness (QED) is 0.192. The Morgan fingerprint density at radius 2 is 1.89 bits per heavy atom. The van der Waals surface area contributed by atoms with Crippen molar-refractivity contribution in [2.75, 3.05) is 43.4 Å². The van der Waals surface area contributed by atoms with Gasteiger partial charge in [0, 0.05) is 49.0 Å². The molecule has 38 heavy (non-hydrogen) atoms. The Kier molecular flexibility index (Phi) is 9.32. The minimum absolute atomic E-state index is 0.266. The molecule has 0 saturated carbocycles. The summed E-state index contributed by atoms with van der Waals surface area (Å²) >= 11 is 12.5. The van der Waals surface area contributed by atoms with Crippen LogP contribution in [0.4, 0.5) is 11.6 Å². The Balaban J connectivity index is 1.54. The lowest BCUT2D eigenvalue weighted by atomic mass is 10.1. The molecule has 1 aromatic carbocycles. The lowest BCUT2D eigenvalue weighted by Gasteiger charge is -2.12. The van der Waals surface area contributed by atoms with Gasteiger partial charge < -0.3 is 21.3 Å². The Bertz CT molecular complexity index is 1450. The zero-order valence-electron chi connectivity index (χ0n) is 20.8. The fourth-order valence-corrected chi connectivity index (χ4v) is 4.16. The number of carbonyl (C=O) groups excluding carboxylic acids is 1. The number of nitrogens with one attached hydrogen (secondary N) is 4. The van der Waals surface area contributed by atoms with E-state index in [0.717, 1.165) is 13.0 Å². The summed E-state index contributed by atoms with van der Waals surface area (Å²) in [7, 11) is 0. The molecule has 0 aliphatic rings. The Morgan fingerprint density at radius 1 is 1.05 bits per heavy atom. The van der Waals surface area contributed by atoms with E-state index in [4.69, 9.17) is 33.4 Å². The van der Waals surface area contributed by atoms with Crippen LogP contribution in [-0.4, -0.2) is 58.2 Å². The highest BCUT2D eigenvalue weighted by molar-refractivity contribution is 6.36. The van der Waals surface area contributed by atoms with Gasteiger partial charge in [-0.15, -0.1) is 0 Å². The van der Waals surface area contributed by atoms with E-state index in [2.05, 4.69) is 38.3 Å². The topological polar surface area (TPSA) is 132 Å². The number of pyridine rings is 1. The second-order valence-electron chi connectivity index (χ2n) is 8.36. The lowest BCUT2D eigenvalue weighted by Crippen LogP contribution is -2.32. The summed E-state index contributed by atoms with van der Waals surface area (Å²) in [6.07, 6.45) is 4.27. The Morgan fingerprint density at radius 3 is 2.63 bits per heavy atom. The molecule has 3 heterocycles. The lowest BCUT2D eigenvalue weighted by molar-refractivity contribution is 0.0948. The SMILES string of the molecule is CCCNCCNC(=O)c1cc2c(NCCNc3ccc(C#N)cn3)nc(-c3ccc(Cl)cc3Cl)cn2n1. The van der Waals surface area contributed by atoms with Crippen LogP contribution in [-0.2, 0) is 0 Å². The van der Waals surface area contributed by atoms with Crippen LogP contribution in [0.5, 0.6) is 0 Å². The van der Waals surface area contributed by atoms with Gasteiger partial charge in [0.25, 0.3) is 5.91 Å². The van der Waals surface area contributed by atoms with Crippen molar-refractivity contribution in [2.45, 2.75) is 13.3 Å².